The maximum Gasteiger partial charge on any atom is 0.319 e. The second-order valence-electron chi connectivity index (χ2n) is 12.1. The Morgan fingerprint density at radius 3 is 2.86 bits per heavy atom. The van der Waals surface area contributed by atoms with E-state index in [1.54, 1.807) is 19.2 Å². The number of hydrogen-bond acceptors (Lipinski definition) is 11. The largest absolute Gasteiger partial charge is 0.461 e. The molecule has 3 aromatic heterocycles. The first-order chi connectivity index (χ1) is 20.8. The highest BCUT2D eigenvalue weighted by molar-refractivity contribution is 7.22. The molecule has 3 N–H and O–H groups in total. The van der Waals surface area contributed by atoms with Crippen LogP contribution >= 0.6 is 11.3 Å². The Balaban J connectivity index is 1.29. The van der Waals surface area contributed by atoms with Gasteiger partial charge in [-0.2, -0.15) is 9.97 Å². The summed E-state index contributed by atoms with van der Waals surface area (Å²) in [6.07, 6.45) is 1.40. The second-order valence-corrected chi connectivity index (χ2v) is 13.1. The number of ether oxygens (including phenoxy) is 2. The van der Waals surface area contributed by atoms with Crippen molar-refractivity contribution in [2.75, 3.05) is 56.6 Å². The first-order valence-electron chi connectivity index (χ1n) is 14.7. The van der Waals surface area contributed by atoms with Gasteiger partial charge in [0, 0.05) is 38.7 Å². The lowest BCUT2D eigenvalue weighted by atomic mass is 9.95. The monoisotopic (exact) mass is 610 g/mol. The van der Waals surface area contributed by atoms with Crippen molar-refractivity contribution < 1.29 is 18.3 Å². The number of rotatable bonds is 5. The summed E-state index contributed by atoms with van der Waals surface area (Å²) in [6, 6.07) is 4.87. The molecule has 4 atom stereocenters. The predicted molar refractivity (Wildman–Crippen MR) is 160 cm³/mol. The number of nitrogens with zero attached hydrogens (tertiary/aromatic N) is 6. The van der Waals surface area contributed by atoms with Gasteiger partial charge in [-0.05, 0) is 37.6 Å². The lowest BCUT2D eigenvalue weighted by Gasteiger charge is -2.46. The van der Waals surface area contributed by atoms with Crippen molar-refractivity contribution in [3.63, 3.8) is 0 Å². The minimum Gasteiger partial charge on any atom is -0.461 e. The van der Waals surface area contributed by atoms with Crippen LogP contribution in [0.3, 0.4) is 0 Å². The van der Waals surface area contributed by atoms with E-state index in [2.05, 4.69) is 20.1 Å². The molecular weight excluding hydrogens is 578 g/mol. The number of fused-ring (bicyclic) bond motifs is 5. The van der Waals surface area contributed by atoms with Crippen molar-refractivity contribution in [1.29, 1.82) is 0 Å². The van der Waals surface area contributed by atoms with E-state index in [-0.39, 0.29) is 40.9 Å². The fraction of sp³-hybridized carbons (Fsp3) is 0.517. The molecule has 2 unspecified atom stereocenters. The molecule has 0 aliphatic carbocycles. The van der Waals surface area contributed by atoms with Crippen molar-refractivity contribution in [1.82, 2.24) is 29.7 Å². The van der Waals surface area contributed by atoms with Crippen LogP contribution < -0.4 is 26.2 Å². The minimum absolute atomic E-state index is 0.0245. The van der Waals surface area contributed by atoms with Crippen LogP contribution in [0.15, 0.2) is 23.0 Å². The number of nitrogens with one attached hydrogen (secondary N) is 1. The van der Waals surface area contributed by atoms with Gasteiger partial charge in [-0.1, -0.05) is 11.3 Å². The lowest BCUT2D eigenvalue weighted by molar-refractivity contribution is 0.0522. The Hall–Kier alpha value is -3.46. The van der Waals surface area contributed by atoms with Crippen LogP contribution in [0.25, 0.3) is 32.4 Å². The van der Waals surface area contributed by atoms with Crippen LogP contribution in [-0.4, -0.2) is 94.2 Å². The highest BCUT2D eigenvalue weighted by Crippen LogP contribution is 2.41. The zero-order valence-corrected chi connectivity index (χ0v) is 24.5. The summed E-state index contributed by atoms with van der Waals surface area (Å²) in [4.78, 5) is 32.5. The van der Waals surface area contributed by atoms with Crippen LogP contribution in [0.4, 0.5) is 19.7 Å². The number of nitrogens with two attached hydrogens (primary N) is 1. The molecule has 226 valence electrons. The molecule has 0 saturated carbocycles. The van der Waals surface area contributed by atoms with Gasteiger partial charge in [-0.25, -0.2) is 13.8 Å². The first kappa shape index (κ1) is 27.1. The molecule has 0 radical (unpaired) electrons. The predicted octanol–water partition coefficient (Wildman–Crippen LogP) is 2.46. The van der Waals surface area contributed by atoms with Gasteiger partial charge in [0.15, 0.2) is 5.13 Å². The number of hydrogen-bond donors (Lipinski definition) is 2. The van der Waals surface area contributed by atoms with Crippen molar-refractivity contribution in [2.24, 2.45) is 7.05 Å². The maximum absolute atomic E-state index is 14.6. The van der Waals surface area contributed by atoms with Gasteiger partial charge < -0.3 is 30.0 Å². The summed E-state index contributed by atoms with van der Waals surface area (Å²) < 4.78 is 43.1. The van der Waals surface area contributed by atoms with Crippen LogP contribution in [0.2, 0.25) is 0 Å². The summed E-state index contributed by atoms with van der Waals surface area (Å²) in [7, 11) is 1.68. The van der Waals surface area contributed by atoms with Crippen LogP contribution in [-0.2, 0) is 11.8 Å². The number of piperazine rings is 1. The standard InChI is InChI=1S/C29H32F2N8O3S/c1-37-21(18-3-4-19(31)24-23(18)35-27(32)43-24)7-20-22(26(37)40)25(39-16-9-33-10-17(39)13-41-12-16)36-28(34-20)42-14-29-5-2-6-38(29)11-15(30)8-29/h3-4,7,15-17,33H,2,5-6,8-14H2,1H3,(H2,32,35)/t15-,16?,17?,29+/m1/s1. The molecule has 0 spiro atoms. The average molecular weight is 611 g/mol. The summed E-state index contributed by atoms with van der Waals surface area (Å²) in [5.41, 5.74) is 7.17. The Bertz CT molecular complexity index is 1790. The molecule has 11 nitrogen and oxygen atoms in total. The van der Waals surface area contributed by atoms with Gasteiger partial charge in [0.2, 0.25) is 0 Å². The fourth-order valence-electron chi connectivity index (χ4n) is 7.49. The number of benzene rings is 1. The van der Waals surface area contributed by atoms with E-state index in [0.29, 0.717) is 77.5 Å². The molecular formula is C29H32F2N8O3S. The zero-order chi connectivity index (χ0) is 29.5. The Morgan fingerprint density at radius 1 is 1.23 bits per heavy atom. The third kappa shape index (κ3) is 4.29. The SMILES string of the molecule is Cn1c(-c2ccc(F)c3sc(N)nc23)cc2nc(OC[C@@]34CCCN3C[C@H](F)C4)nc(N3C4CNCC3COC4)c2c1=O. The molecule has 8 rings (SSSR count). The molecule has 4 aliphatic rings. The van der Waals surface area contributed by atoms with Gasteiger partial charge in [0.25, 0.3) is 5.56 Å². The Kier molecular flexibility index (Phi) is 6.33. The molecule has 4 fully saturated rings. The Morgan fingerprint density at radius 2 is 2.05 bits per heavy atom. The third-order valence-corrected chi connectivity index (χ3v) is 10.4. The van der Waals surface area contributed by atoms with Crippen molar-refractivity contribution >= 4 is 43.4 Å². The van der Waals surface area contributed by atoms with E-state index in [9.17, 15) is 13.6 Å². The average Bonchev–Trinajstić information content (AvgIpc) is 3.65. The number of morpholine rings is 1. The number of nitrogen functional groups attached to an aromatic ring is 1. The van der Waals surface area contributed by atoms with Crippen LogP contribution in [0.5, 0.6) is 6.01 Å². The molecule has 4 saturated heterocycles. The van der Waals surface area contributed by atoms with E-state index in [4.69, 9.17) is 25.2 Å². The van der Waals surface area contributed by atoms with Gasteiger partial charge >= 0.3 is 6.01 Å². The maximum atomic E-state index is 14.6. The van der Waals surface area contributed by atoms with E-state index < -0.39 is 12.0 Å². The van der Waals surface area contributed by atoms with Gasteiger partial charge in [-0.3, -0.25) is 9.69 Å². The molecule has 7 heterocycles. The van der Waals surface area contributed by atoms with Gasteiger partial charge in [0.1, 0.15) is 29.8 Å². The number of anilines is 2. The lowest BCUT2D eigenvalue weighted by Crippen LogP contribution is -2.64. The van der Waals surface area contributed by atoms with Crippen molar-refractivity contribution in [3.05, 3.63) is 34.4 Å². The van der Waals surface area contributed by atoms with Crippen molar-refractivity contribution in [2.45, 2.75) is 43.1 Å². The number of aromatic nitrogens is 4. The van der Waals surface area contributed by atoms with E-state index in [0.717, 1.165) is 30.7 Å². The molecule has 4 aliphatic heterocycles. The molecule has 0 amide bonds. The van der Waals surface area contributed by atoms with Crippen LogP contribution in [0, 0.1) is 5.82 Å². The number of pyridine rings is 1. The molecule has 2 bridgehead atoms. The van der Waals surface area contributed by atoms with Gasteiger partial charge in [0.05, 0.1) is 52.3 Å². The van der Waals surface area contributed by atoms with E-state index in [1.165, 1.54) is 10.6 Å². The minimum atomic E-state index is -0.880. The summed E-state index contributed by atoms with van der Waals surface area (Å²) >= 11 is 1.06. The smallest absolute Gasteiger partial charge is 0.319 e. The quantitative estimate of drug-likeness (QED) is 0.348. The first-order valence-corrected chi connectivity index (χ1v) is 15.5. The molecule has 14 heteroatoms. The normalized spacial score (nSPS) is 27.3. The molecule has 4 aromatic rings. The number of thiazole rings is 1. The highest BCUT2D eigenvalue weighted by Gasteiger charge is 2.49. The van der Waals surface area contributed by atoms with E-state index >= 15 is 0 Å². The fourth-order valence-corrected chi connectivity index (χ4v) is 8.25. The van der Waals surface area contributed by atoms with E-state index in [1.807, 2.05) is 0 Å². The summed E-state index contributed by atoms with van der Waals surface area (Å²) in [5, 5.41) is 4.07. The molecule has 43 heavy (non-hydrogen) atoms. The highest BCUT2D eigenvalue weighted by atomic mass is 32.1. The van der Waals surface area contributed by atoms with Crippen molar-refractivity contribution in [3.8, 4) is 17.3 Å². The second kappa shape index (κ2) is 10.0. The topological polar surface area (TPSA) is 124 Å². The Labute approximate surface area is 249 Å². The summed E-state index contributed by atoms with van der Waals surface area (Å²) in [6.45, 7) is 3.91. The number of halogens is 2. The molecule has 1 aromatic carbocycles. The summed E-state index contributed by atoms with van der Waals surface area (Å²) in [5.74, 6) is 0.0824. The van der Waals surface area contributed by atoms with Gasteiger partial charge in [-0.15, -0.1) is 0 Å². The zero-order valence-electron chi connectivity index (χ0n) is 23.7. The third-order valence-electron chi connectivity index (χ3n) is 9.48. The number of alkyl halides is 1. The van der Waals surface area contributed by atoms with Crippen LogP contribution in [0.1, 0.15) is 19.3 Å².